The van der Waals surface area contributed by atoms with E-state index < -0.39 is 6.10 Å². The molecule has 4 nitrogen and oxygen atoms in total. The van der Waals surface area contributed by atoms with E-state index in [1.54, 1.807) is 36.7 Å². The van der Waals surface area contributed by atoms with E-state index in [1.807, 2.05) is 6.92 Å². The molecule has 4 rings (SSSR count). The molecule has 31 heavy (non-hydrogen) atoms. The van der Waals surface area contributed by atoms with E-state index in [0.29, 0.717) is 19.6 Å². The van der Waals surface area contributed by atoms with E-state index in [1.165, 1.54) is 24.3 Å². The Balaban J connectivity index is 1.48. The van der Waals surface area contributed by atoms with Crippen LogP contribution in [-0.4, -0.2) is 34.9 Å². The van der Waals surface area contributed by atoms with E-state index in [4.69, 9.17) is 4.74 Å². The molecule has 0 bridgehead atoms. The van der Waals surface area contributed by atoms with Gasteiger partial charge in [0.1, 0.15) is 11.6 Å². The number of rotatable bonds is 6. The van der Waals surface area contributed by atoms with Crippen molar-refractivity contribution >= 4 is 0 Å². The zero-order valence-corrected chi connectivity index (χ0v) is 17.3. The number of ether oxygens (including phenoxy) is 1. The van der Waals surface area contributed by atoms with E-state index in [0.717, 1.165) is 22.3 Å². The molecule has 3 atom stereocenters. The van der Waals surface area contributed by atoms with Crippen molar-refractivity contribution in [3.63, 3.8) is 0 Å². The van der Waals surface area contributed by atoms with Gasteiger partial charge in [-0.15, -0.1) is 0 Å². The average Bonchev–Trinajstić information content (AvgIpc) is 2.76. The Kier molecular flexibility index (Phi) is 6.70. The van der Waals surface area contributed by atoms with Crippen LogP contribution in [0.4, 0.5) is 8.78 Å². The summed E-state index contributed by atoms with van der Waals surface area (Å²) in [4.78, 5) is 4.19. The van der Waals surface area contributed by atoms with Crippen molar-refractivity contribution in [2.45, 2.75) is 44.1 Å². The van der Waals surface area contributed by atoms with E-state index >= 15 is 0 Å². The van der Waals surface area contributed by atoms with Crippen LogP contribution < -0.4 is 5.32 Å². The molecule has 0 spiro atoms. The second kappa shape index (κ2) is 9.64. The molecule has 2 heterocycles. The maximum atomic E-state index is 13.5. The van der Waals surface area contributed by atoms with Gasteiger partial charge < -0.3 is 15.2 Å². The van der Waals surface area contributed by atoms with Crippen LogP contribution in [0.5, 0.6) is 0 Å². The van der Waals surface area contributed by atoms with Gasteiger partial charge in [-0.25, -0.2) is 8.78 Å². The number of aliphatic hydroxyl groups is 1. The molecule has 3 unspecified atom stereocenters. The van der Waals surface area contributed by atoms with Crippen LogP contribution in [0.1, 0.15) is 34.6 Å². The summed E-state index contributed by atoms with van der Waals surface area (Å²) in [5, 5.41) is 14.2. The Morgan fingerprint density at radius 2 is 1.65 bits per heavy atom. The number of pyridine rings is 1. The van der Waals surface area contributed by atoms with Crippen LogP contribution in [0.3, 0.4) is 0 Å². The largest absolute Gasteiger partial charge is 0.391 e. The summed E-state index contributed by atoms with van der Waals surface area (Å²) in [7, 11) is 0. The summed E-state index contributed by atoms with van der Waals surface area (Å²) >= 11 is 0. The highest BCUT2D eigenvalue weighted by atomic mass is 19.1. The quantitative estimate of drug-likeness (QED) is 0.625. The van der Waals surface area contributed by atoms with Crippen LogP contribution in [0.2, 0.25) is 0 Å². The standard InChI is InChI=1S/C25H26F2N2O2/c1-16-10-17(13-28-12-16)14-29-22-15-31-24(11-23(22)30)25(18-2-6-20(26)7-3-18)19-4-8-21(27)9-5-19/h2-10,12-13,22-25,29-30H,11,14-15H2,1H3. The first kappa shape index (κ1) is 21.6. The van der Waals surface area contributed by atoms with E-state index in [9.17, 15) is 13.9 Å². The van der Waals surface area contributed by atoms with Gasteiger partial charge >= 0.3 is 0 Å². The first-order valence-electron chi connectivity index (χ1n) is 10.4. The topological polar surface area (TPSA) is 54.4 Å². The third kappa shape index (κ3) is 5.34. The molecule has 162 valence electrons. The Labute approximate surface area is 180 Å². The molecule has 0 aliphatic carbocycles. The smallest absolute Gasteiger partial charge is 0.123 e. The highest BCUT2D eigenvalue weighted by molar-refractivity contribution is 5.34. The molecule has 1 aliphatic heterocycles. The zero-order chi connectivity index (χ0) is 21.8. The van der Waals surface area contributed by atoms with Crippen molar-refractivity contribution in [2.75, 3.05) is 6.61 Å². The lowest BCUT2D eigenvalue weighted by Crippen LogP contribution is -2.50. The normalized spacial score (nSPS) is 21.4. The predicted molar refractivity (Wildman–Crippen MR) is 115 cm³/mol. The summed E-state index contributed by atoms with van der Waals surface area (Å²) in [6, 6.07) is 14.3. The van der Waals surface area contributed by atoms with Gasteiger partial charge in [0.25, 0.3) is 0 Å². The first-order valence-corrected chi connectivity index (χ1v) is 10.4. The molecule has 0 radical (unpaired) electrons. The van der Waals surface area contributed by atoms with Crippen molar-refractivity contribution in [3.8, 4) is 0 Å². The zero-order valence-electron chi connectivity index (χ0n) is 17.3. The number of nitrogens with zero attached hydrogens (tertiary/aromatic N) is 1. The molecule has 1 aliphatic rings. The molecule has 0 saturated carbocycles. The molecule has 3 aromatic rings. The van der Waals surface area contributed by atoms with Gasteiger partial charge in [0.2, 0.25) is 0 Å². The lowest BCUT2D eigenvalue weighted by molar-refractivity contribution is -0.0718. The van der Waals surface area contributed by atoms with Crippen molar-refractivity contribution < 1.29 is 18.6 Å². The van der Waals surface area contributed by atoms with E-state index in [2.05, 4.69) is 16.4 Å². The fourth-order valence-corrected chi connectivity index (χ4v) is 4.16. The molecule has 6 heteroatoms. The number of hydrogen-bond donors (Lipinski definition) is 2. The van der Waals surface area contributed by atoms with Gasteiger partial charge in [-0.1, -0.05) is 30.3 Å². The summed E-state index contributed by atoms with van der Waals surface area (Å²) in [6.07, 6.45) is 3.09. The average molecular weight is 424 g/mol. The highest BCUT2D eigenvalue weighted by Gasteiger charge is 2.35. The van der Waals surface area contributed by atoms with Crippen molar-refractivity contribution in [1.29, 1.82) is 0 Å². The minimum absolute atomic E-state index is 0.209. The molecular formula is C25H26F2N2O2. The third-order valence-corrected chi connectivity index (χ3v) is 5.76. The molecule has 1 saturated heterocycles. The number of aromatic nitrogens is 1. The Hall–Kier alpha value is -2.67. The second-order valence-electron chi connectivity index (χ2n) is 8.11. The molecular weight excluding hydrogens is 398 g/mol. The van der Waals surface area contributed by atoms with Gasteiger partial charge in [0.15, 0.2) is 0 Å². The lowest BCUT2D eigenvalue weighted by Gasteiger charge is -2.38. The van der Waals surface area contributed by atoms with Crippen molar-refractivity contribution in [3.05, 3.63) is 101 Å². The minimum Gasteiger partial charge on any atom is -0.391 e. The lowest BCUT2D eigenvalue weighted by atomic mass is 9.82. The number of aliphatic hydroxyl groups excluding tert-OH is 1. The van der Waals surface area contributed by atoms with Crippen LogP contribution in [0, 0.1) is 18.6 Å². The number of nitrogens with one attached hydrogen (secondary N) is 1. The number of halogens is 2. The Morgan fingerprint density at radius 1 is 1.03 bits per heavy atom. The SMILES string of the molecule is Cc1cncc(CNC2COC(C(c3ccc(F)cc3)c3ccc(F)cc3)CC2O)c1. The minimum atomic E-state index is -0.611. The third-order valence-electron chi connectivity index (χ3n) is 5.76. The fourth-order valence-electron chi connectivity index (χ4n) is 4.16. The molecule has 0 amide bonds. The molecule has 2 aromatic carbocycles. The van der Waals surface area contributed by atoms with Gasteiger partial charge in [-0.05, 0) is 53.4 Å². The summed E-state index contributed by atoms with van der Waals surface area (Å²) < 4.78 is 33.1. The van der Waals surface area contributed by atoms with Crippen LogP contribution in [-0.2, 0) is 11.3 Å². The van der Waals surface area contributed by atoms with Crippen molar-refractivity contribution in [1.82, 2.24) is 10.3 Å². The number of aryl methyl sites for hydroxylation is 1. The Bertz CT molecular complexity index is 950. The number of hydrogen-bond acceptors (Lipinski definition) is 4. The maximum absolute atomic E-state index is 13.5. The summed E-state index contributed by atoms with van der Waals surface area (Å²) in [5.41, 5.74) is 3.86. The van der Waals surface area contributed by atoms with Crippen LogP contribution in [0.15, 0.2) is 67.0 Å². The summed E-state index contributed by atoms with van der Waals surface area (Å²) in [5.74, 6) is -0.875. The molecule has 1 fully saturated rings. The maximum Gasteiger partial charge on any atom is 0.123 e. The van der Waals surface area contributed by atoms with Crippen molar-refractivity contribution in [2.24, 2.45) is 0 Å². The molecule has 2 N–H and O–H groups in total. The van der Waals surface area contributed by atoms with Gasteiger partial charge in [0.05, 0.1) is 24.9 Å². The molecule has 1 aromatic heterocycles. The predicted octanol–water partition coefficient (Wildman–Crippen LogP) is 4.11. The van der Waals surface area contributed by atoms with Gasteiger partial charge in [-0.2, -0.15) is 0 Å². The Morgan fingerprint density at radius 3 is 2.19 bits per heavy atom. The van der Waals surface area contributed by atoms with E-state index in [-0.39, 0.29) is 29.7 Å². The first-order chi connectivity index (χ1) is 15.0. The summed E-state index contributed by atoms with van der Waals surface area (Å²) in [6.45, 7) is 2.92. The monoisotopic (exact) mass is 424 g/mol. The number of benzene rings is 2. The van der Waals surface area contributed by atoms with Gasteiger partial charge in [-0.3, -0.25) is 4.98 Å². The highest BCUT2D eigenvalue weighted by Crippen LogP contribution is 2.35. The fraction of sp³-hybridized carbons (Fsp3) is 0.320. The van der Waals surface area contributed by atoms with Crippen LogP contribution in [0.25, 0.3) is 0 Å². The second-order valence-corrected chi connectivity index (χ2v) is 8.11. The van der Waals surface area contributed by atoms with Gasteiger partial charge in [0, 0.05) is 31.3 Å². The van der Waals surface area contributed by atoms with Crippen LogP contribution >= 0.6 is 0 Å².